The van der Waals surface area contributed by atoms with Gasteiger partial charge in [0, 0.05) is 25.1 Å². The summed E-state index contributed by atoms with van der Waals surface area (Å²) in [7, 11) is 0. The molecule has 3 rings (SSSR count). The van der Waals surface area contributed by atoms with E-state index in [1.165, 1.54) is 42.7 Å². The van der Waals surface area contributed by atoms with Crippen molar-refractivity contribution in [2.24, 2.45) is 0 Å². The molecule has 0 saturated carbocycles. The van der Waals surface area contributed by atoms with Crippen LogP contribution in [0.2, 0.25) is 0 Å². The normalized spacial score (nSPS) is 13.7. The van der Waals surface area contributed by atoms with E-state index in [9.17, 15) is 14.0 Å². The Morgan fingerprint density at radius 3 is 2.68 bits per heavy atom. The van der Waals surface area contributed by atoms with Crippen molar-refractivity contribution in [3.63, 3.8) is 0 Å². The number of amides is 2. The largest absolute Gasteiger partial charge is 0.356 e. The fraction of sp³-hybridized carbons (Fsp3) is 0.400. The van der Waals surface area contributed by atoms with Gasteiger partial charge in [0.2, 0.25) is 10.9 Å². The van der Waals surface area contributed by atoms with E-state index >= 15 is 0 Å². The SMILES string of the molecule is O=C(CCc1nnc(C(=O)Nc2ccc(F)cc2)s1)NCCC1=CCCCC1. The van der Waals surface area contributed by atoms with Gasteiger partial charge in [0.25, 0.3) is 5.91 Å². The number of carbonyl (C=O) groups is 2. The Morgan fingerprint density at radius 1 is 1.11 bits per heavy atom. The molecule has 2 aromatic rings. The number of carbonyl (C=O) groups excluding carboxylic acids is 2. The van der Waals surface area contributed by atoms with Crippen LogP contribution in [-0.4, -0.2) is 28.6 Å². The number of hydrogen-bond acceptors (Lipinski definition) is 5. The topological polar surface area (TPSA) is 84.0 Å². The molecule has 0 unspecified atom stereocenters. The number of anilines is 1. The Kier molecular flexibility index (Phi) is 7.25. The van der Waals surface area contributed by atoms with Crippen LogP contribution in [0.4, 0.5) is 10.1 Å². The van der Waals surface area contributed by atoms with Crippen molar-refractivity contribution in [1.29, 1.82) is 0 Å². The zero-order chi connectivity index (χ0) is 19.8. The van der Waals surface area contributed by atoms with E-state index in [2.05, 4.69) is 26.9 Å². The molecule has 1 heterocycles. The average molecular weight is 402 g/mol. The Labute approximate surface area is 167 Å². The number of hydrogen-bond donors (Lipinski definition) is 2. The van der Waals surface area contributed by atoms with E-state index in [0.29, 0.717) is 30.1 Å². The van der Waals surface area contributed by atoms with Gasteiger partial charge in [-0.15, -0.1) is 10.2 Å². The predicted octanol–water partition coefficient (Wildman–Crippen LogP) is 3.87. The van der Waals surface area contributed by atoms with Gasteiger partial charge in [0.05, 0.1) is 0 Å². The summed E-state index contributed by atoms with van der Waals surface area (Å²) in [5.74, 6) is -0.797. The molecular weight excluding hydrogens is 379 g/mol. The zero-order valence-electron chi connectivity index (χ0n) is 15.5. The maximum atomic E-state index is 12.9. The Hall–Kier alpha value is -2.61. The highest BCUT2D eigenvalue weighted by Crippen LogP contribution is 2.19. The van der Waals surface area contributed by atoms with Crippen LogP contribution in [0.1, 0.15) is 53.3 Å². The summed E-state index contributed by atoms with van der Waals surface area (Å²) in [5, 5.41) is 14.3. The third kappa shape index (κ3) is 6.23. The number of rotatable bonds is 8. The van der Waals surface area contributed by atoms with Crippen molar-refractivity contribution in [2.45, 2.75) is 44.9 Å². The van der Waals surface area contributed by atoms with Gasteiger partial charge in [-0.05, 0) is 56.4 Å². The van der Waals surface area contributed by atoms with E-state index in [0.717, 1.165) is 30.6 Å². The second-order valence-corrected chi connectivity index (χ2v) is 7.73. The van der Waals surface area contributed by atoms with Crippen LogP contribution in [0.15, 0.2) is 35.9 Å². The molecule has 148 valence electrons. The van der Waals surface area contributed by atoms with Crippen molar-refractivity contribution >= 4 is 28.8 Å². The maximum Gasteiger partial charge on any atom is 0.286 e. The highest BCUT2D eigenvalue weighted by molar-refractivity contribution is 7.13. The fourth-order valence-corrected chi connectivity index (χ4v) is 3.70. The second-order valence-electron chi connectivity index (χ2n) is 6.67. The molecule has 1 aromatic heterocycles. The van der Waals surface area contributed by atoms with E-state index in [4.69, 9.17) is 0 Å². The molecule has 1 aliphatic carbocycles. The van der Waals surface area contributed by atoms with Crippen molar-refractivity contribution in [3.8, 4) is 0 Å². The molecule has 0 bridgehead atoms. The van der Waals surface area contributed by atoms with Gasteiger partial charge in [-0.3, -0.25) is 9.59 Å². The molecule has 8 heteroatoms. The first kappa shape index (κ1) is 20.1. The highest BCUT2D eigenvalue weighted by Gasteiger charge is 2.14. The van der Waals surface area contributed by atoms with Gasteiger partial charge in [-0.1, -0.05) is 23.0 Å². The summed E-state index contributed by atoms with van der Waals surface area (Å²) >= 11 is 1.15. The van der Waals surface area contributed by atoms with Crippen LogP contribution in [0.5, 0.6) is 0 Å². The Balaban J connectivity index is 1.40. The molecule has 1 aliphatic rings. The van der Waals surface area contributed by atoms with Crippen molar-refractivity contribution in [3.05, 3.63) is 51.7 Å². The number of halogens is 1. The lowest BCUT2D eigenvalue weighted by atomic mass is 9.97. The summed E-state index contributed by atoms with van der Waals surface area (Å²) in [6, 6.07) is 5.49. The highest BCUT2D eigenvalue weighted by atomic mass is 32.1. The molecular formula is C20H23FN4O2S. The summed E-state index contributed by atoms with van der Waals surface area (Å²) in [5.41, 5.74) is 1.92. The second kappa shape index (κ2) is 10.1. The monoisotopic (exact) mass is 402 g/mol. The molecule has 0 fully saturated rings. The molecule has 2 N–H and O–H groups in total. The van der Waals surface area contributed by atoms with E-state index in [1.54, 1.807) is 0 Å². The summed E-state index contributed by atoms with van der Waals surface area (Å²) in [6.07, 6.45) is 8.76. The van der Waals surface area contributed by atoms with Crippen LogP contribution in [0.25, 0.3) is 0 Å². The third-order valence-electron chi connectivity index (χ3n) is 4.48. The molecule has 0 aliphatic heterocycles. The molecule has 6 nitrogen and oxygen atoms in total. The van der Waals surface area contributed by atoms with Gasteiger partial charge in [0.1, 0.15) is 10.8 Å². The average Bonchev–Trinajstić information content (AvgIpc) is 3.18. The van der Waals surface area contributed by atoms with E-state index < -0.39 is 5.91 Å². The lowest BCUT2D eigenvalue weighted by Crippen LogP contribution is -2.25. The molecule has 0 saturated heterocycles. The third-order valence-corrected chi connectivity index (χ3v) is 5.46. The first-order chi connectivity index (χ1) is 13.6. The molecule has 28 heavy (non-hydrogen) atoms. The molecule has 0 spiro atoms. The zero-order valence-corrected chi connectivity index (χ0v) is 16.4. The fourth-order valence-electron chi connectivity index (χ4n) is 2.97. The molecule has 2 amide bonds. The summed E-state index contributed by atoms with van der Waals surface area (Å²) in [4.78, 5) is 24.1. The number of nitrogens with one attached hydrogen (secondary N) is 2. The lowest BCUT2D eigenvalue weighted by Gasteiger charge is -2.12. The number of aromatic nitrogens is 2. The van der Waals surface area contributed by atoms with Crippen LogP contribution in [-0.2, 0) is 11.2 Å². The van der Waals surface area contributed by atoms with E-state index in [-0.39, 0.29) is 16.7 Å². The van der Waals surface area contributed by atoms with Gasteiger partial charge in [0.15, 0.2) is 0 Å². The smallest absolute Gasteiger partial charge is 0.286 e. The number of allylic oxidation sites excluding steroid dienone is 1. The van der Waals surface area contributed by atoms with Gasteiger partial charge in [-0.2, -0.15) is 0 Å². The number of aryl methyl sites for hydroxylation is 1. The van der Waals surface area contributed by atoms with Crippen molar-refractivity contribution in [2.75, 3.05) is 11.9 Å². The van der Waals surface area contributed by atoms with E-state index in [1.807, 2.05) is 0 Å². The minimum atomic E-state index is -0.402. The number of nitrogens with zero attached hydrogens (tertiary/aromatic N) is 2. The molecule has 0 radical (unpaired) electrons. The lowest BCUT2D eigenvalue weighted by molar-refractivity contribution is -0.121. The van der Waals surface area contributed by atoms with Crippen LogP contribution >= 0.6 is 11.3 Å². The van der Waals surface area contributed by atoms with Crippen molar-refractivity contribution in [1.82, 2.24) is 15.5 Å². The minimum absolute atomic E-state index is 0.0241. The van der Waals surface area contributed by atoms with Crippen LogP contribution in [0, 0.1) is 5.82 Å². The standard InChI is InChI=1S/C20H23FN4O2S/c21-15-6-8-16(9-7-15)23-19(27)20-25-24-18(28-20)11-10-17(26)22-13-12-14-4-2-1-3-5-14/h4,6-9H,1-3,5,10-13H2,(H,22,26)(H,23,27). The maximum absolute atomic E-state index is 12.9. The Bertz CT molecular complexity index is 848. The van der Waals surface area contributed by atoms with Gasteiger partial charge >= 0.3 is 0 Å². The summed E-state index contributed by atoms with van der Waals surface area (Å²) < 4.78 is 12.9. The first-order valence-corrected chi connectivity index (χ1v) is 10.3. The molecule has 1 aromatic carbocycles. The van der Waals surface area contributed by atoms with Gasteiger partial charge in [-0.25, -0.2) is 4.39 Å². The molecule has 0 atom stereocenters. The predicted molar refractivity (Wildman–Crippen MR) is 107 cm³/mol. The Morgan fingerprint density at radius 2 is 1.93 bits per heavy atom. The minimum Gasteiger partial charge on any atom is -0.356 e. The van der Waals surface area contributed by atoms with Gasteiger partial charge < -0.3 is 10.6 Å². The van der Waals surface area contributed by atoms with Crippen LogP contribution in [0.3, 0.4) is 0 Å². The van der Waals surface area contributed by atoms with Crippen molar-refractivity contribution < 1.29 is 14.0 Å². The quantitative estimate of drug-likeness (QED) is 0.657. The first-order valence-electron chi connectivity index (χ1n) is 9.44. The summed E-state index contributed by atoms with van der Waals surface area (Å²) in [6.45, 7) is 0.659. The van der Waals surface area contributed by atoms with Crippen LogP contribution < -0.4 is 10.6 Å². The number of benzene rings is 1.